The van der Waals surface area contributed by atoms with Gasteiger partial charge in [-0.15, -0.1) is 0 Å². The quantitative estimate of drug-likeness (QED) is 0.575. The fourth-order valence-electron chi connectivity index (χ4n) is 4.91. The minimum atomic E-state index is -4.48. The molecule has 9 heteroatoms. The van der Waals surface area contributed by atoms with E-state index in [1.165, 1.54) is 4.68 Å². The lowest BCUT2D eigenvalue weighted by atomic mass is 9.95. The van der Waals surface area contributed by atoms with Gasteiger partial charge in [0, 0.05) is 49.2 Å². The van der Waals surface area contributed by atoms with Crippen molar-refractivity contribution in [1.82, 2.24) is 19.7 Å². The van der Waals surface area contributed by atoms with Crippen LogP contribution in [-0.4, -0.2) is 51.8 Å². The summed E-state index contributed by atoms with van der Waals surface area (Å²) in [5.74, 6) is 0.785. The van der Waals surface area contributed by atoms with Gasteiger partial charge in [0.15, 0.2) is 5.69 Å². The van der Waals surface area contributed by atoms with E-state index in [2.05, 4.69) is 15.0 Å². The summed E-state index contributed by atoms with van der Waals surface area (Å²) in [6.45, 7) is 2.60. The maximum atomic E-state index is 13.6. The molecule has 0 bridgehead atoms. The molecule has 0 atom stereocenters. The van der Waals surface area contributed by atoms with Crippen LogP contribution in [0.3, 0.4) is 0 Å². The predicted octanol–water partition coefficient (Wildman–Crippen LogP) is 4.19. The number of hydrogen-bond donors (Lipinski definition) is 0. The van der Waals surface area contributed by atoms with E-state index in [0.717, 1.165) is 18.7 Å². The Hall–Kier alpha value is -3.36. The summed E-state index contributed by atoms with van der Waals surface area (Å²) in [6, 6.07) is 12.9. The van der Waals surface area contributed by atoms with Crippen molar-refractivity contribution in [1.29, 1.82) is 0 Å². The summed E-state index contributed by atoms with van der Waals surface area (Å²) in [5.41, 5.74) is 1.38. The summed E-state index contributed by atoms with van der Waals surface area (Å²) in [6.07, 6.45) is -0.176. The molecule has 1 fully saturated rings. The highest BCUT2D eigenvalue weighted by atomic mass is 19.4. The molecule has 0 spiro atoms. The number of nitrogens with zero attached hydrogens (tertiary/aromatic N) is 5. The van der Waals surface area contributed by atoms with Crippen molar-refractivity contribution in [3.8, 4) is 0 Å². The molecule has 1 aromatic carbocycles. The highest BCUT2D eigenvalue weighted by Crippen LogP contribution is 2.36. The topological polar surface area (TPSA) is 54.3 Å². The van der Waals surface area contributed by atoms with Crippen LogP contribution in [0, 0.1) is 0 Å². The van der Waals surface area contributed by atoms with Crippen molar-refractivity contribution >= 4 is 11.7 Å². The largest absolute Gasteiger partial charge is 0.435 e. The van der Waals surface area contributed by atoms with E-state index in [4.69, 9.17) is 0 Å². The number of hydrogen-bond acceptors (Lipinski definition) is 4. The van der Waals surface area contributed by atoms with E-state index < -0.39 is 11.9 Å². The second-order valence-corrected chi connectivity index (χ2v) is 8.76. The molecular formula is C25H26F3N5O. The van der Waals surface area contributed by atoms with E-state index in [0.29, 0.717) is 61.4 Å². The number of aromatic nitrogens is 3. The molecule has 6 nitrogen and oxygen atoms in total. The van der Waals surface area contributed by atoms with Crippen LogP contribution < -0.4 is 4.90 Å². The summed E-state index contributed by atoms with van der Waals surface area (Å²) in [5, 5.41) is 3.97. The summed E-state index contributed by atoms with van der Waals surface area (Å²) in [7, 11) is 0. The molecule has 3 heterocycles. The zero-order chi connectivity index (χ0) is 23.7. The first-order chi connectivity index (χ1) is 16.4. The lowest BCUT2D eigenvalue weighted by Gasteiger charge is -2.35. The van der Waals surface area contributed by atoms with Gasteiger partial charge in [0.05, 0.1) is 6.54 Å². The lowest BCUT2D eigenvalue weighted by molar-refractivity contribution is -0.142. The molecular weight excluding hydrogens is 443 g/mol. The summed E-state index contributed by atoms with van der Waals surface area (Å²) >= 11 is 0. The van der Waals surface area contributed by atoms with Gasteiger partial charge in [-0.25, -0.2) is 4.98 Å². The molecule has 3 aromatic rings. The molecule has 0 unspecified atom stereocenters. The van der Waals surface area contributed by atoms with Gasteiger partial charge in [-0.2, -0.15) is 18.3 Å². The SMILES string of the molecule is O=C(c1ccccc1Cn1nc(C(F)(F)F)c2c1CCCC2)N1CCN(c2ccccn2)CC1. The number of halogens is 3. The van der Waals surface area contributed by atoms with Gasteiger partial charge in [-0.05, 0) is 49.4 Å². The van der Waals surface area contributed by atoms with Gasteiger partial charge in [-0.1, -0.05) is 24.3 Å². The standard InChI is InChI=1S/C25H26F3N5O/c26-25(27,28)23-20-9-3-4-10-21(20)33(30-23)17-18-7-1-2-8-19(18)24(34)32-15-13-31(14-16-32)22-11-5-6-12-29-22/h1-2,5-8,11-12H,3-4,9-10,13-17H2. The van der Waals surface area contributed by atoms with Gasteiger partial charge in [0.25, 0.3) is 5.91 Å². The zero-order valence-corrected chi connectivity index (χ0v) is 18.8. The number of amides is 1. The Bertz CT molecular complexity index is 1170. The van der Waals surface area contributed by atoms with Gasteiger partial charge in [0.1, 0.15) is 5.82 Å². The van der Waals surface area contributed by atoms with Crippen LogP contribution in [0.25, 0.3) is 0 Å². The van der Waals surface area contributed by atoms with E-state index >= 15 is 0 Å². The van der Waals surface area contributed by atoms with Crippen molar-refractivity contribution in [2.24, 2.45) is 0 Å². The number of fused-ring (bicyclic) bond motifs is 1. The van der Waals surface area contributed by atoms with E-state index in [1.807, 2.05) is 30.3 Å². The van der Waals surface area contributed by atoms with Crippen LogP contribution in [-0.2, 0) is 25.6 Å². The Kier molecular flexibility index (Phi) is 6.02. The van der Waals surface area contributed by atoms with E-state index in [-0.39, 0.29) is 12.5 Å². The zero-order valence-electron chi connectivity index (χ0n) is 18.8. The fraction of sp³-hybridized carbons (Fsp3) is 0.400. The number of piperazine rings is 1. The predicted molar refractivity (Wildman–Crippen MR) is 122 cm³/mol. The average molecular weight is 470 g/mol. The Balaban J connectivity index is 1.36. The van der Waals surface area contributed by atoms with Gasteiger partial charge < -0.3 is 9.80 Å². The number of alkyl halides is 3. The maximum Gasteiger partial charge on any atom is 0.435 e. The van der Waals surface area contributed by atoms with Crippen LogP contribution >= 0.6 is 0 Å². The lowest BCUT2D eigenvalue weighted by Crippen LogP contribution is -2.49. The summed E-state index contributed by atoms with van der Waals surface area (Å²) in [4.78, 5) is 21.7. The molecule has 0 N–H and O–H groups in total. The monoisotopic (exact) mass is 469 g/mol. The number of carbonyl (C=O) groups is 1. The molecule has 1 saturated heterocycles. The van der Waals surface area contributed by atoms with Crippen LogP contribution in [0.4, 0.5) is 19.0 Å². The van der Waals surface area contributed by atoms with Gasteiger partial charge in [0.2, 0.25) is 0 Å². The third-order valence-electron chi connectivity index (χ3n) is 6.63. The molecule has 1 aliphatic heterocycles. The van der Waals surface area contributed by atoms with Crippen LogP contribution in [0.15, 0.2) is 48.7 Å². The first-order valence-corrected chi connectivity index (χ1v) is 11.6. The molecule has 5 rings (SSSR count). The maximum absolute atomic E-state index is 13.6. The van der Waals surface area contributed by atoms with E-state index in [9.17, 15) is 18.0 Å². The smallest absolute Gasteiger partial charge is 0.353 e. The number of benzene rings is 1. The Morgan fingerprint density at radius 2 is 1.68 bits per heavy atom. The molecule has 1 aliphatic carbocycles. The van der Waals surface area contributed by atoms with Gasteiger partial charge in [-0.3, -0.25) is 9.48 Å². The summed E-state index contributed by atoms with van der Waals surface area (Å²) < 4.78 is 42.2. The second-order valence-electron chi connectivity index (χ2n) is 8.76. The molecule has 34 heavy (non-hydrogen) atoms. The number of carbonyl (C=O) groups excluding carboxylic acids is 1. The number of anilines is 1. The normalized spacial score (nSPS) is 16.4. The molecule has 0 radical (unpaired) electrons. The number of rotatable bonds is 4. The molecule has 2 aliphatic rings. The van der Waals surface area contributed by atoms with Crippen molar-refractivity contribution < 1.29 is 18.0 Å². The third-order valence-corrected chi connectivity index (χ3v) is 6.63. The minimum absolute atomic E-state index is 0.103. The molecule has 2 aromatic heterocycles. The van der Waals surface area contributed by atoms with Crippen LogP contribution in [0.1, 0.15) is 45.7 Å². The Morgan fingerprint density at radius 1 is 0.941 bits per heavy atom. The average Bonchev–Trinajstić information content (AvgIpc) is 3.24. The minimum Gasteiger partial charge on any atom is -0.353 e. The van der Waals surface area contributed by atoms with Crippen molar-refractivity contribution in [2.45, 2.75) is 38.4 Å². The van der Waals surface area contributed by atoms with E-state index in [1.54, 1.807) is 23.2 Å². The molecule has 0 saturated carbocycles. The van der Waals surface area contributed by atoms with Crippen molar-refractivity contribution in [3.63, 3.8) is 0 Å². The first kappa shape index (κ1) is 22.4. The van der Waals surface area contributed by atoms with Gasteiger partial charge >= 0.3 is 6.18 Å². The highest BCUT2D eigenvalue weighted by molar-refractivity contribution is 5.95. The molecule has 1 amide bonds. The molecule has 178 valence electrons. The van der Waals surface area contributed by atoms with Crippen molar-refractivity contribution in [2.75, 3.05) is 31.1 Å². The van der Waals surface area contributed by atoms with Crippen molar-refractivity contribution in [3.05, 3.63) is 76.7 Å². The van der Waals surface area contributed by atoms with Crippen LogP contribution in [0.2, 0.25) is 0 Å². The first-order valence-electron chi connectivity index (χ1n) is 11.6. The Morgan fingerprint density at radius 3 is 2.41 bits per heavy atom. The number of pyridine rings is 1. The Labute approximate surface area is 196 Å². The second kappa shape index (κ2) is 9.12. The van der Waals surface area contributed by atoms with Crippen LogP contribution in [0.5, 0.6) is 0 Å². The highest BCUT2D eigenvalue weighted by Gasteiger charge is 2.39. The fourth-order valence-corrected chi connectivity index (χ4v) is 4.91. The third kappa shape index (κ3) is 4.38.